The first kappa shape index (κ1) is 18.2. The number of fused-ring (bicyclic) bond motifs is 1. The third-order valence-corrected chi connectivity index (χ3v) is 4.46. The minimum absolute atomic E-state index is 0.0331. The van der Waals surface area contributed by atoms with Crippen molar-refractivity contribution in [2.24, 2.45) is 14.1 Å². The third-order valence-electron chi connectivity index (χ3n) is 4.46. The average Bonchev–Trinajstić information content (AvgIpc) is 2.84. The summed E-state index contributed by atoms with van der Waals surface area (Å²) in [6.45, 7) is 0. The molecule has 0 radical (unpaired) electrons. The number of aromatic nitrogens is 2. The van der Waals surface area contributed by atoms with Gasteiger partial charge in [0.05, 0.1) is 27.3 Å². The maximum absolute atomic E-state index is 12.7. The number of para-hydroxylation sites is 1. The number of nitro benzene ring substituents is 1. The molecule has 0 spiro atoms. The van der Waals surface area contributed by atoms with Crippen LogP contribution in [0, 0.1) is 10.1 Å². The number of aryl methyl sites for hydroxylation is 2. The Bertz CT molecular complexity index is 1130. The van der Waals surface area contributed by atoms with Crippen LogP contribution in [0.15, 0.2) is 41.2 Å². The van der Waals surface area contributed by atoms with E-state index >= 15 is 0 Å². The van der Waals surface area contributed by atoms with E-state index in [4.69, 9.17) is 0 Å². The summed E-state index contributed by atoms with van der Waals surface area (Å²) in [5, 5.41) is 13.9. The Morgan fingerprint density at radius 1 is 1.11 bits per heavy atom. The number of nitrogens with zero attached hydrogens (tertiary/aromatic N) is 4. The molecule has 0 saturated heterocycles. The largest absolute Gasteiger partial charge is 0.376 e. The van der Waals surface area contributed by atoms with Crippen molar-refractivity contribution in [3.63, 3.8) is 0 Å². The molecule has 3 aromatic rings. The standard InChI is InChI=1S/C18H19N5O4/c1-20(2)14-10-16-15(21(3)18(25)22(16)4)9-12(14)19-17(24)11-7-5-6-8-13(11)23(26)27/h5-10H,1-4H3,(H,19,24). The van der Waals surface area contributed by atoms with E-state index in [0.717, 1.165) is 5.52 Å². The van der Waals surface area contributed by atoms with Crippen molar-refractivity contribution < 1.29 is 9.72 Å². The summed E-state index contributed by atoms with van der Waals surface area (Å²) >= 11 is 0. The summed E-state index contributed by atoms with van der Waals surface area (Å²) < 4.78 is 3.01. The lowest BCUT2D eigenvalue weighted by molar-refractivity contribution is -0.385. The van der Waals surface area contributed by atoms with E-state index in [2.05, 4.69) is 5.32 Å². The van der Waals surface area contributed by atoms with Crippen molar-refractivity contribution in [3.05, 3.63) is 62.6 Å². The number of hydrogen-bond donors (Lipinski definition) is 1. The molecule has 0 aliphatic heterocycles. The summed E-state index contributed by atoms with van der Waals surface area (Å²) in [6, 6.07) is 9.25. The number of amides is 1. The van der Waals surface area contributed by atoms with E-state index in [0.29, 0.717) is 16.9 Å². The van der Waals surface area contributed by atoms with E-state index in [-0.39, 0.29) is 16.9 Å². The second kappa shape index (κ2) is 6.60. The number of anilines is 2. The molecule has 2 aromatic carbocycles. The van der Waals surface area contributed by atoms with Gasteiger partial charge in [0.15, 0.2) is 0 Å². The van der Waals surface area contributed by atoms with Gasteiger partial charge in [0, 0.05) is 34.3 Å². The van der Waals surface area contributed by atoms with E-state index < -0.39 is 10.8 Å². The predicted molar refractivity (Wildman–Crippen MR) is 104 cm³/mol. The lowest BCUT2D eigenvalue weighted by atomic mass is 10.1. The molecule has 3 rings (SSSR count). The van der Waals surface area contributed by atoms with Crippen LogP contribution < -0.4 is 15.9 Å². The fraction of sp³-hybridized carbons (Fsp3) is 0.222. The van der Waals surface area contributed by atoms with Gasteiger partial charge in [0.2, 0.25) is 0 Å². The van der Waals surface area contributed by atoms with Gasteiger partial charge in [-0.25, -0.2) is 4.79 Å². The monoisotopic (exact) mass is 369 g/mol. The molecule has 9 heteroatoms. The summed E-state index contributed by atoms with van der Waals surface area (Å²) in [6.07, 6.45) is 0. The highest BCUT2D eigenvalue weighted by molar-refractivity contribution is 6.09. The molecule has 1 amide bonds. The zero-order valence-electron chi connectivity index (χ0n) is 15.4. The molecule has 0 aliphatic rings. The van der Waals surface area contributed by atoms with Crippen LogP contribution in [0.3, 0.4) is 0 Å². The van der Waals surface area contributed by atoms with Gasteiger partial charge in [-0.2, -0.15) is 0 Å². The normalized spacial score (nSPS) is 10.8. The van der Waals surface area contributed by atoms with Crippen molar-refractivity contribution in [1.82, 2.24) is 9.13 Å². The van der Waals surface area contributed by atoms with Crippen LogP contribution in [0.25, 0.3) is 11.0 Å². The molecule has 0 aliphatic carbocycles. The predicted octanol–water partition coefficient (Wildman–Crippen LogP) is 2.10. The van der Waals surface area contributed by atoms with Crippen LogP contribution in [0.5, 0.6) is 0 Å². The highest BCUT2D eigenvalue weighted by Gasteiger charge is 2.21. The zero-order chi connectivity index (χ0) is 19.9. The van der Waals surface area contributed by atoms with E-state index in [1.165, 1.54) is 27.3 Å². The summed E-state index contributed by atoms with van der Waals surface area (Å²) in [7, 11) is 6.94. The maximum atomic E-state index is 12.7. The van der Waals surface area contributed by atoms with Gasteiger partial charge in [-0.05, 0) is 18.2 Å². The van der Waals surface area contributed by atoms with Crippen molar-refractivity contribution in [2.75, 3.05) is 24.3 Å². The third kappa shape index (κ3) is 3.03. The zero-order valence-corrected chi connectivity index (χ0v) is 15.4. The first-order chi connectivity index (χ1) is 12.7. The number of benzene rings is 2. The van der Waals surface area contributed by atoms with Gasteiger partial charge in [-0.1, -0.05) is 12.1 Å². The van der Waals surface area contributed by atoms with Crippen LogP contribution >= 0.6 is 0 Å². The second-order valence-corrected chi connectivity index (χ2v) is 6.38. The number of hydrogen-bond acceptors (Lipinski definition) is 5. The summed E-state index contributed by atoms with van der Waals surface area (Å²) in [5.74, 6) is -0.592. The van der Waals surface area contributed by atoms with Gasteiger partial charge in [0.1, 0.15) is 5.56 Å². The molecule has 9 nitrogen and oxygen atoms in total. The quantitative estimate of drug-likeness (QED) is 0.560. The number of carbonyl (C=O) groups is 1. The first-order valence-electron chi connectivity index (χ1n) is 8.14. The molecule has 0 bridgehead atoms. The molecule has 140 valence electrons. The lowest BCUT2D eigenvalue weighted by Crippen LogP contribution is -2.19. The van der Waals surface area contributed by atoms with Gasteiger partial charge in [-0.3, -0.25) is 24.0 Å². The Balaban J connectivity index is 2.13. The first-order valence-corrected chi connectivity index (χ1v) is 8.14. The van der Waals surface area contributed by atoms with Crippen molar-refractivity contribution in [3.8, 4) is 0 Å². The minimum Gasteiger partial charge on any atom is -0.376 e. The van der Waals surface area contributed by atoms with Gasteiger partial charge >= 0.3 is 5.69 Å². The summed E-state index contributed by atoms with van der Waals surface area (Å²) in [5.41, 5.74) is 2.01. The van der Waals surface area contributed by atoms with Gasteiger partial charge in [0.25, 0.3) is 11.6 Å². The molecular weight excluding hydrogens is 350 g/mol. The molecule has 27 heavy (non-hydrogen) atoms. The minimum atomic E-state index is -0.592. The maximum Gasteiger partial charge on any atom is 0.328 e. The Morgan fingerprint density at radius 3 is 2.30 bits per heavy atom. The summed E-state index contributed by atoms with van der Waals surface area (Å²) in [4.78, 5) is 37.3. The van der Waals surface area contributed by atoms with Crippen molar-refractivity contribution in [1.29, 1.82) is 0 Å². The van der Waals surface area contributed by atoms with E-state index in [1.807, 2.05) is 14.1 Å². The van der Waals surface area contributed by atoms with Crippen molar-refractivity contribution in [2.45, 2.75) is 0 Å². The lowest BCUT2D eigenvalue weighted by Gasteiger charge is -2.18. The fourth-order valence-electron chi connectivity index (χ4n) is 3.02. The topological polar surface area (TPSA) is 102 Å². The Labute approximate surface area is 154 Å². The molecule has 1 heterocycles. The van der Waals surface area contributed by atoms with Crippen molar-refractivity contribution >= 4 is 34.0 Å². The van der Waals surface area contributed by atoms with Crippen LogP contribution in [0.4, 0.5) is 17.1 Å². The number of nitro groups is 1. The van der Waals surface area contributed by atoms with Gasteiger partial charge < -0.3 is 10.2 Å². The van der Waals surface area contributed by atoms with Crippen LogP contribution in [0.1, 0.15) is 10.4 Å². The molecule has 1 N–H and O–H groups in total. The second-order valence-electron chi connectivity index (χ2n) is 6.38. The molecule has 0 unspecified atom stereocenters. The fourth-order valence-corrected chi connectivity index (χ4v) is 3.02. The van der Waals surface area contributed by atoms with Crippen LogP contribution in [0.2, 0.25) is 0 Å². The average molecular weight is 369 g/mol. The number of carbonyl (C=O) groups excluding carboxylic acids is 1. The molecular formula is C18H19N5O4. The number of nitrogens with one attached hydrogen (secondary N) is 1. The highest BCUT2D eigenvalue weighted by atomic mass is 16.6. The Kier molecular flexibility index (Phi) is 4.44. The van der Waals surface area contributed by atoms with E-state index in [9.17, 15) is 19.7 Å². The molecule has 0 saturated carbocycles. The smallest absolute Gasteiger partial charge is 0.328 e. The number of rotatable bonds is 4. The van der Waals surface area contributed by atoms with E-state index in [1.54, 1.807) is 37.2 Å². The van der Waals surface area contributed by atoms with Crippen LogP contribution in [-0.2, 0) is 14.1 Å². The number of imidazole rings is 1. The van der Waals surface area contributed by atoms with Crippen LogP contribution in [-0.4, -0.2) is 34.1 Å². The highest BCUT2D eigenvalue weighted by Crippen LogP contribution is 2.31. The van der Waals surface area contributed by atoms with Gasteiger partial charge in [-0.15, -0.1) is 0 Å². The Morgan fingerprint density at radius 2 is 1.70 bits per heavy atom. The Hall–Kier alpha value is -3.62. The SMILES string of the molecule is CN(C)c1cc2c(cc1NC(=O)c1ccccc1[N+](=O)[O-])n(C)c(=O)n2C. The molecule has 0 atom stereocenters. The molecule has 1 aromatic heterocycles. The molecule has 0 fully saturated rings.